The molecule has 1 aromatic rings. The Hall–Kier alpha value is -1.11. The standard InChI is InChI=1S/C11H14O.CH4/c1-3-4-11(12)10-7-5-9(2)6-8-10;/h5-8H,3-4H2,1-2H3;1H4. The van der Waals surface area contributed by atoms with Gasteiger partial charge in [-0.3, -0.25) is 4.79 Å². The van der Waals surface area contributed by atoms with Crippen molar-refractivity contribution in [3.8, 4) is 0 Å². The topological polar surface area (TPSA) is 17.1 Å². The summed E-state index contributed by atoms with van der Waals surface area (Å²) >= 11 is 0. The third-order valence-corrected chi connectivity index (χ3v) is 1.85. The summed E-state index contributed by atoms with van der Waals surface area (Å²) in [6.45, 7) is 4.04. The number of Topliss-reactive ketones (excluding diaryl/α,β-unsaturated/α-hetero) is 1. The van der Waals surface area contributed by atoms with Gasteiger partial charge >= 0.3 is 0 Å². The maximum Gasteiger partial charge on any atom is 0.162 e. The number of hydrogen-bond acceptors (Lipinski definition) is 1. The Balaban J connectivity index is 0.00000144. The summed E-state index contributed by atoms with van der Waals surface area (Å²) in [5.74, 6) is 0.248. The summed E-state index contributed by atoms with van der Waals surface area (Å²) in [4.78, 5) is 11.4. The van der Waals surface area contributed by atoms with Crippen LogP contribution in [0.15, 0.2) is 24.3 Å². The molecule has 0 fully saturated rings. The van der Waals surface area contributed by atoms with Crippen molar-refractivity contribution in [1.29, 1.82) is 0 Å². The van der Waals surface area contributed by atoms with E-state index in [0.717, 1.165) is 12.0 Å². The van der Waals surface area contributed by atoms with Crippen LogP contribution in [0.3, 0.4) is 0 Å². The maximum absolute atomic E-state index is 11.4. The van der Waals surface area contributed by atoms with E-state index >= 15 is 0 Å². The second-order valence-electron chi connectivity index (χ2n) is 3.04. The Labute approximate surface area is 80.8 Å². The highest BCUT2D eigenvalue weighted by molar-refractivity contribution is 5.95. The summed E-state index contributed by atoms with van der Waals surface area (Å²) < 4.78 is 0. The zero-order chi connectivity index (χ0) is 8.97. The Kier molecular flexibility index (Phi) is 5.05. The summed E-state index contributed by atoms with van der Waals surface area (Å²) in [5, 5.41) is 0. The monoisotopic (exact) mass is 178 g/mol. The van der Waals surface area contributed by atoms with Gasteiger partial charge in [0, 0.05) is 12.0 Å². The van der Waals surface area contributed by atoms with Crippen molar-refractivity contribution >= 4 is 5.78 Å². The van der Waals surface area contributed by atoms with E-state index in [4.69, 9.17) is 0 Å². The van der Waals surface area contributed by atoms with Crippen molar-refractivity contribution < 1.29 is 4.79 Å². The number of hydrogen-bond donors (Lipinski definition) is 0. The van der Waals surface area contributed by atoms with Crippen molar-refractivity contribution in [1.82, 2.24) is 0 Å². The average molecular weight is 178 g/mol. The van der Waals surface area contributed by atoms with Gasteiger partial charge in [-0.05, 0) is 13.3 Å². The van der Waals surface area contributed by atoms with Crippen molar-refractivity contribution in [2.75, 3.05) is 0 Å². The molecule has 0 saturated carbocycles. The Morgan fingerprint density at radius 2 is 1.77 bits per heavy atom. The smallest absolute Gasteiger partial charge is 0.162 e. The number of carbonyl (C=O) groups excluding carboxylic acids is 1. The third-order valence-electron chi connectivity index (χ3n) is 1.85. The predicted molar refractivity (Wildman–Crippen MR) is 57.1 cm³/mol. The normalized spacial score (nSPS) is 9.08. The first-order valence-electron chi connectivity index (χ1n) is 4.34. The number of benzene rings is 1. The molecule has 72 valence electrons. The molecule has 0 spiro atoms. The molecule has 0 aromatic heterocycles. The van der Waals surface area contributed by atoms with E-state index in [9.17, 15) is 4.79 Å². The second kappa shape index (κ2) is 5.52. The van der Waals surface area contributed by atoms with Crippen LogP contribution in [0, 0.1) is 6.92 Å². The van der Waals surface area contributed by atoms with Crippen LogP contribution in [0.25, 0.3) is 0 Å². The lowest BCUT2D eigenvalue weighted by atomic mass is 10.1. The molecule has 0 aliphatic rings. The van der Waals surface area contributed by atoms with Gasteiger partial charge in [0.1, 0.15) is 0 Å². The minimum Gasteiger partial charge on any atom is -0.294 e. The van der Waals surface area contributed by atoms with Gasteiger partial charge in [0.2, 0.25) is 0 Å². The van der Waals surface area contributed by atoms with Gasteiger partial charge in [-0.15, -0.1) is 0 Å². The van der Waals surface area contributed by atoms with Gasteiger partial charge in [0.05, 0.1) is 0 Å². The number of ketones is 1. The second-order valence-corrected chi connectivity index (χ2v) is 3.04. The fourth-order valence-electron chi connectivity index (χ4n) is 1.11. The first-order valence-corrected chi connectivity index (χ1v) is 4.34. The molecule has 1 heteroatoms. The molecule has 0 N–H and O–H groups in total. The van der Waals surface area contributed by atoms with E-state index in [0.29, 0.717) is 6.42 Å². The van der Waals surface area contributed by atoms with Gasteiger partial charge < -0.3 is 0 Å². The molecule has 0 unspecified atom stereocenters. The van der Waals surface area contributed by atoms with Crippen LogP contribution < -0.4 is 0 Å². The van der Waals surface area contributed by atoms with Crippen LogP contribution in [0.5, 0.6) is 0 Å². The molecule has 0 aliphatic heterocycles. The molecule has 13 heavy (non-hydrogen) atoms. The molecule has 0 saturated heterocycles. The first-order chi connectivity index (χ1) is 5.74. The third kappa shape index (κ3) is 3.41. The summed E-state index contributed by atoms with van der Waals surface area (Å²) in [5.41, 5.74) is 2.03. The molecule has 0 atom stereocenters. The molecule has 1 nitrogen and oxygen atoms in total. The number of aryl methyl sites for hydroxylation is 1. The highest BCUT2D eigenvalue weighted by Gasteiger charge is 2.02. The van der Waals surface area contributed by atoms with Crippen LogP contribution in [0.1, 0.15) is 43.1 Å². The highest BCUT2D eigenvalue weighted by Crippen LogP contribution is 2.06. The maximum atomic E-state index is 11.4. The summed E-state index contributed by atoms with van der Waals surface area (Å²) in [6.07, 6.45) is 1.58. The molecule has 0 radical (unpaired) electrons. The van der Waals surface area contributed by atoms with Crippen LogP contribution in [0.4, 0.5) is 0 Å². The van der Waals surface area contributed by atoms with Crippen LogP contribution in [-0.2, 0) is 0 Å². The van der Waals surface area contributed by atoms with E-state index < -0.39 is 0 Å². The van der Waals surface area contributed by atoms with Crippen molar-refractivity contribution in [3.05, 3.63) is 35.4 Å². The molecule has 0 heterocycles. The molecule has 1 rings (SSSR count). The lowest BCUT2D eigenvalue weighted by molar-refractivity contribution is 0.0982. The number of carbonyl (C=O) groups is 1. The van der Waals surface area contributed by atoms with Gasteiger partial charge in [0.15, 0.2) is 5.78 Å². The average Bonchev–Trinajstić information content (AvgIpc) is 2.06. The molecule has 0 amide bonds. The zero-order valence-electron chi connectivity index (χ0n) is 7.63. The Bertz CT molecular complexity index is 259. The van der Waals surface area contributed by atoms with Crippen molar-refractivity contribution in [2.24, 2.45) is 0 Å². The largest absolute Gasteiger partial charge is 0.294 e. The van der Waals surface area contributed by atoms with E-state index in [2.05, 4.69) is 0 Å². The first kappa shape index (κ1) is 11.9. The van der Waals surface area contributed by atoms with Gasteiger partial charge in [-0.2, -0.15) is 0 Å². The molecule has 1 aromatic carbocycles. The Morgan fingerprint density at radius 1 is 1.23 bits per heavy atom. The fraction of sp³-hybridized carbons (Fsp3) is 0.417. The van der Waals surface area contributed by atoms with E-state index in [1.165, 1.54) is 5.56 Å². The predicted octanol–water partition coefficient (Wildman–Crippen LogP) is 3.61. The van der Waals surface area contributed by atoms with Crippen LogP contribution in [0.2, 0.25) is 0 Å². The minimum atomic E-state index is 0. The van der Waals surface area contributed by atoms with Crippen LogP contribution in [-0.4, -0.2) is 5.78 Å². The quantitative estimate of drug-likeness (QED) is 0.646. The summed E-state index contributed by atoms with van der Waals surface area (Å²) in [7, 11) is 0. The highest BCUT2D eigenvalue weighted by atomic mass is 16.1. The van der Waals surface area contributed by atoms with E-state index in [1.807, 2.05) is 38.1 Å². The SMILES string of the molecule is C.CCCC(=O)c1ccc(C)cc1. The molecule has 0 bridgehead atoms. The summed E-state index contributed by atoms with van der Waals surface area (Å²) in [6, 6.07) is 7.74. The minimum absolute atomic E-state index is 0. The van der Waals surface area contributed by atoms with E-state index in [1.54, 1.807) is 0 Å². The Morgan fingerprint density at radius 3 is 2.23 bits per heavy atom. The van der Waals surface area contributed by atoms with Crippen molar-refractivity contribution in [3.63, 3.8) is 0 Å². The fourth-order valence-corrected chi connectivity index (χ4v) is 1.11. The van der Waals surface area contributed by atoms with Gasteiger partial charge in [0.25, 0.3) is 0 Å². The van der Waals surface area contributed by atoms with Gasteiger partial charge in [-0.25, -0.2) is 0 Å². The molecular weight excluding hydrogens is 160 g/mol. The molecule has 0 aliphatic carbocycles. The van der Waals surface area contributed by atoms with Crippen LogP contribution >= 0.6 is 0 Å². The molecular formula is C12H18O. The van der Waals surface area contributed by atoms with E-state index in [-0.39, 0.29) is 13.2 Å². The lowest BCUT2D eigenvalue weighted by Gasteiger charge is -1.98. The lowest BCUT2D eigenvalue weighted by Crippen LogP contribution is -1.97. The van der Waals surface area contributed by atoms with Gasteiger partial charge in [-0.1, -0.05) is 44.2 Å². The number of rotatable bonds is 3. The zero-order valence-corrected chi connectivity index (χ0v) is 7.63. The van der Waals surface area contributed by atoms with Crippen molar-refractivity contribution in [2.45, 2.75) is 34.1 Å².